The Bertz CT molecular complexity index is 646. The summed E-state index contributed by atoms with van der Waals surface area (Å²) in [5, 5.41) is 3.77. The van der Waals surface area contributed by atoms with E-state index in [4.69, 9.17) is 23.1 Å². The van der Waals surface area contributed by atoms with Gasteiger partial charge in [0.05, 0.1) is 10.6 Å². The van der Waals surface area contributed by atoms with E-state index < -0.39 is 5.91 Å². The number of carbonyl (C=O) groups excluding carboxylic acids is 1. The average Bonchev–Trinajstić information content (AvgIpc) is 2.36. The molecule has 2 rings (SSSR count). The zero-order valence-corrected chi connectivity index (χ0v) is 12.1. The van der Waals surface area contributed by atoms with Crippen molar-refractivity contribution in [2.75, 3.05) is 11.1 Å². The van der Waals surface area contributed by atoms with Crippen molar-refractivity contribution in [2.45, 2.75) is 0 Å². The number of nitrogens with one attached hydrogen (secondary N) is 1. The number of nitrogen functional groups attached to an aromatic ring is 1. The van der Waals surface area contributed by atoms with E-state index >= 15 is 0 Å². The SMILES string of the molecule is NC(=O)c1cc(Nc2ccc(Cl)c(Br)c2)ccc1N. The van der Waals surface area contributed by atoms with Crippen molar-refractivity contribution in [3.05, 3.63) is 51.5 Å². The first-order chi connectivity index (χ1) is 8.97. The standard InChI is InChI=1S/C13H11BrClN3O/c14-10-6-8(1-3-11(10)15)18-7-2-4-12(16)9(5-7)13(17)19/h1-6,18H,16H2,(H2,17,19). The minimum absolute atomic E-state index is 0.290. The largest absolute Gasteiger partial charge is 0.398 e. The molecule has 98 valence electrons. The van der Waals surface area contributed by atoms with Crippen molar-refractivity contribution in [2.24, 2.45) is 5.73 Å². The van der Waals surface area contributed by atoms with Crippen molar-refractivity contribution >= 4 is 50.5 Å². The van der Waals surface area contributed by atoms with Crippen LogP contribution in [-0.4, -0.2) is 5.91 Å². The number of anilines is 3. The predicted molar refractivity (Wildman–Crippen MR) is 81.8 cm³/mol. The number of carbonyl (C=O) groups is 1. The molecule has 0 atom stereocenters. The van der Waals surface area contributed by atoms with Gasteiger partial charge in [-0.1, -0.05) is 11.6 Å². The van der Waals surface area contributed by atoms with Crippen LogP contribution in [0, 0.1) is 0 Å². The maximum absolute atomic E-state index is 11.2. The van der Waals surface area contributed by atoms with Gasteiger partial charge in [-0.15, -0.1) is 0 Å². The van der Waals surface area contributed by atoms with Gasteiger partial charge in [0, 0.05) is 21.5 Å². The first-order valence-electron chi connectivity index (χ1n) is 5.39. The highest BCUT2D eigenvalue weighted by Crippen LogP contribution is 2.28. The molecule has 0 saturated carbocycles. The average molecular weight is 341 g/mol. The van der Waals surface area contributed by atoms with E-state index in [9.17, 15) is 4.79 Å². The van der Waals surface area contributed by atoms with Crippen molar-refractivity contribution < 1.29 is 4.79 Å². The van der Waals surface area contributed by atoms with Crippen LogP contribution >= 0.6 is 27.5 Å². The van der Waals surface area contributed by atoms with Gasteiger partial charge in [0.1, 0.15) is 0 Å². The van der Waals surface area contributed by atoms with E-state index in [1.165, 1.54) is 0 Å². The maximum atomic E-state index is 11.2. The van der Waals surface area contributed by atoms with Gasteiger partial charge in [0.25, 0.3) is 5.91 Å². The lowest BCUT2D eigenvalue weighted by Gasteiger charge is -2.10. The molecule has 0 radical (unpaired) electrons. The number of rotatable bonds is 3. The summed E-state index contributed by atoms with van der Waals surface area (Å²) in [6.45, 7) is 0. The molecule has 1 amide bonds. The Labute approximate surface area is 123 Å². The first kappa shape index (κ1) is 13.7. The van der Waals surface area contributed by atoms with E-state index in [1.54, 1.807) is 24.3 Å². The fourth-order valence-corrected chi connectivity index (χ4v) is 2.08. The number of amides is 1. The third kappa shape index (κ3) is 3.19. The van der Waals surface area contributed by atoms with Gasteiger partial charge < -0.3 is 16.8 Å². The van der Waals surface area contributed by atoms with Crippen molar-refractivity contribution in [1.29, 1.82) is 0 Å². The van der Waals surface area contributed by atoms with Crippen LogP contribution in [0.15, 0.2) is 40.9 Å². The molecule has 2 aromatic carbocycles. The number of benzene rings is 2. The summed E-state index contributed by atoms with van der Waals surface area (Å²) in [5.41, 5.74) is 13.1. The van der Waals surface area contributed by atoms with Crippen molar-refractivity contribution in [3.8, 4) is 0 Å². The second-order valence-electron chi connectivity index (χ2n) is 3.92. The fourth-order valence-electron chi connectivity index (χ4n) is 1.59. The molecule has 0 aliphatic heterocycles. The topological polar surface area (TPSA) is 81.1 Å². The molecule has 0 unspecified atom stereocenters. The highest BCUT2D eigenvalue weighted by atomic mass is 79.9. The number of hydrogen-bond donors (Lipinski definition) is 3. The summed E-state index contributed by atoms with van der Waals surface area (Å²) < 4.78 is 0.782. The second kappa shape index (κ2) is 5.50. The fraction of sp³-hybridized carbons (Fsp3) is 0. The molecule has 0 aliphatic rings. The normalized spacial score (nSPS) is 10.2. The molecule has 0 aromatic heterocycles. The Kier molecular flexibility index (Phi) is 3.97. The predicted octanol–water partition coefficient (Wildman–Crippen LogP) is 3.53. The second-order valence-corrected chi connectivity index (χ2v) is 5.18. The summed E-state index contributed by atoms with van der Waals surface area (Å²) in [6.07, 6.45) is 0. The molecule has 19 heavy (non-hydrogen) atoms. The molecule has 0 saturated heterocycles. The molecule has 0 bridgehead atoms. The summed E-state index contributed by atoms with van der Waals surface area (Å²) in [5.74, 6) is -0.557. The van der Waals surface area contributed by atoms with E-state index in [1.807, 2.05) is 12.1 Å². The Morgan fingerprint density at radius 3 is 2.42 bits per heavy atom. The quantitative estimate of drug-likeness (QED) is 0.748. The van der Waals surface area contributed by atoms with Crippen LogP contribution < -0.4 is 16.8 Å². The van der Waals surface area contributed by atoms with Gasteiger partial charge in [0.2, 0.25) is 0 Å². The van der Waals surface area contributed by atoms with E-state index in [-0.39, 0.29) is 5.56 Å². The Morgan fingerprint density at radius 2 is 1.79 bits per heavy atom. The van der Waals surface area contributed by atoms with Crippen molar-refractivity contribution in [3.63, 3.8) is 0 Å². The van der Waals surface area contributed by atoms with Crippen LogP contribution in [0.25, 0.3) is 0 Å². The van der Waals surface area contributed by atoms with Gasteiger partial charge in [0.15, 0.2) is 0 Å². The lowest BCUT2D eigenvalue weighted by molar-refractivity contribution is 0.100. The summed E-state index contributed by atoms with van der Waals surface area (Å²) in [4.78, 5) is 11.2. The Hall–Kier alpha value is -1.72. The van der Waals surface area contributed by atoms with Crippen LogP contribution in [-0.2, 0) is 0 Å². The van der Waals surface area contributed by atoms with Crippen LogP contribution in [0.4, 0.5) is 17.1 Å². The number of primary amides is 1. The molecule has 0 fully saturated rings. The minimum atomic E-state index is -0.557. The van der Waals surface area contributed by atoms with Crippen molar-refractivity contribution in [1.82, 2.24) is 0 Å². The minimum Gasteiger partial charge on any atom is -0.398 e. The van der Waals surface area contributed by atoms with Crippen LogP contribution in [0.5, 0.6) is 0 Å². The van der Waals surface area contributed by atoms with Gasteiger partial charge in [-0.05, 0) is 52.3 Å². The number of halogens is 2. The monoisotopic (exact) mass is 339 g/mol. The molecule has 0 aliphatic carbocycles. The highest BCUT2D eigenvalue weighted by Gasteiger charge is 2.07. The Morgan fingerprint density at radius 1 is 1.16 bits per heavy atom. The van der Waals surface area contributed by atoms with Gasteiger partial charge in [-0.3, -0.25) is 4.79 Å². The molecule has 2 aromatic rings. The van der Waals surface area contributed by atoms with Gasteiger partial charge >= 0.3 is 0 Å². The lowest BCUT2D eigenvalue weighted by Crippen LogP contribution is -2.13. The molecular weight excluding hydrogens is 330 g/mol. The summed E-state index contributed by atoms with van der Waals surface area (Å²) in [7, 11) is 0. The Balaban J connectivity index is 2.30. The number of nitrogens with two attached hydrogens (primary N) is 2. The van der Waals surface area contributed by atoms with Crippen LogP contribution in [0.2, 0.25) is 5.02 Å². The summed E-state index contributed by atoms with van der Waals surface area (Å²) >= 11 is 9.26. The third-order valence-electron chi connectivity index (χ3n) is 2.53. The zero-order valence-electron chi connectivity index (χ0n) is 9.78. The van der Waals surface area contributed by atoms with Gasteiger partial charge in [-0.2, -0.15) is 0 Å². The number of hydrogen-bond acceptors (Lipinski definition) is 3. The molecule has 5 N–H and O–H groups in total. The zero-order chi connectivity index (χ0) is 14.0. The highest BCUT2D eigenvalue weighted by molar-refractivity contribution is 9.10. The van der Waals surface area contributed by atoms with E-state index in [0.29, 0.717) is 10.7 Å². The third-order valence-corrected chi connectivity index (χ3v) is 3.74. The van der Waals surface area contributed by atoms with E-state index in [2.05, 4.69) is 21.2 Å². The van der Waals surface area contributed by atoms with Gasteiger partial charge in [-0.25, -0.2) is 0 Å². The smallest absolute Gasteiger partial charge is 0.250 e. The van der Waals surface area contributed by atoms with E-state index in [0.717, 1.165) is 15.8 Å². The van der Waals surface area contributed by atoms with Crippen LogP contribution in [0.3, 0.4) is 0 Å². The molecular formula is C13H11BrClN3O. The molecule has 0 spiro atoms. The lowest BCUT2D eigenvalue weighted by atomic mass is 10.1. The first-order valence-corrected chi connectivity index (χ1v) is 6.56. The van der Waals surface area contributed by atoms with Crippen LogP contribution in [0.1, 0.15) is 10.4 Å². The molecule has 4 nitrogen and oxygen atoms in total. The maximum Gasteiger partial charge on any atom is 0.250 e. The summed E-state index contributed by atoms with van der Waals surface area (Å²) in [6, 6.07) is 10.4. The molecule has 0 heterocycles. The molecule has 6 heteroatoms.